The van der Waals surface area contributed by atoms with Gasteiger partial charge in [-0.05, 0) is 48.7 Å². The molecule has 0 saturated heterocycles. The smallest absolute Gasteiger partial charge is 0.348 e. The van der Waals surface area contributed by atoms with Gasteiger partial charge in [0.15, 0.2) is 0 Å². The number of hydrogen-bond donors (Lipinski definition) is 1. The molecule has 8 heteroatoms. The van der Waals surface area contributed by atoms with E-state index in [4.69, 9.17) is 0 Å². The van der Waals surface area contributed by atoms with Crippen molar-refractivity contribution in [3.63, 3.8) is 0 Å². The second-order valence-electron chi connectivity index (χ2n) is 7.00. The molecule has 0 bridgehead atoms. The fourth-order valence-corrected chi connectivity index (χ4v) is 3.42. The van der Waals surface area contributed by atoms with Crippen LogP contribution in [0.25, 0.3) is 10.9 Å². The lowest BCUT2D eigenvalue weighted by Gasteiger charge is -2.17. The summed E-state index contributed by atoms with van der Waals surface area (Å²) in [5.74, 6) is -1.11. The lowest BCUT2D eigenvalue weighted by molar-refractivity contribution is -0.137. The first-order valence-electron chi connectivity index (χ1n) is 9.40. The van der Waals surface area contributed by atoms with Gasteiger partial charge in [0.05, 0.1) is 11.1 Å². The van der Waals surface area contributed by atoms with E-state index in [-0.39, 0.29) is 24.2 Å². The Morgan fingerprint density at radius 2 is 1.87 bits per heavy atom. The SMILES string of the molecule is CCCn1c(=O)c(C(=O)NCc2cccc(F)c2)c(C)c2ccc(C(F)(F)F)cc21. The summed E-state index contributed by atoms with van der Waals surface area (Å²) in [5, 5.41) is 2.99. The number of hydrogen-bond acceptors (Lipinski definition) is 2. The summed E-state index contributed by atoms with van der Waals surface area (Å²) < 4.78 is 54.0. The number of nitrogens with zero attached hydrogens (tertiary/aromatic N) is 1. The summed E-state index contributed by atoms with van der Waals surface area (Å²) in [6.45, 7) is 3.50. The van der Waals surface area contributed by atoms with Gasteiger partial charge in [0.2, 0.25) is 0 Å². The number of aromatic nitrogens is 1. The molecule has 0 aliphatic carbocycles. The molecule has 4 nitrogen and oxygen atoms in total. The van der Waals surface area contributed by atoms with Crippen molar-refractivity contribution in [2.45, 2.75) is 39.5 Å². The van der Waals surface area contributed by atoms with Crippen molar-refractivity contribution in [1.82, 2.24) is 9.88 Å². The van der Waals surface area contributed by atoms with Crippen LogP contribution in [-0.2, 0) is 19.3 Å². The van der Waals surface area contributed by atoms with Gasteiger partial charge in [-0.3, -0.25) is 9.59 Å². The highest BCUT2D eigenvalue weighted by Gasteiger charge is 2.31. The van der Waals surface area contributed by atoms with Crippen LogP contribution in [-0.4, -0.2) is 10.5 Å². The van der Waals surface area contributed by atoms with Gasteiger partial charge in [0, 0.05) is 18.5 Å². The van der Waals surface area contributed by atoms with Crippen LogP contribution in [0.2, 0.25) is 0 Å². The molecule has 1 N–H and O–H groups in total. The summed E-state index contributed by atoms with van der Waals surface area (Å²) in [6.07, 6.45) is -4.05. The van der Waals surface area contributed by atoms with Gasteiger partial charge in [-0.15, -0.1) is 0 Å². The molecule has 0 spiro atoms. The molecule has 3 rings (SSSR count). The molecule has 0 unspecified atom stereocenters. The fourth-order valence-electron chi connectivity index (χ4n) is 3.42. The first-order chi connectivity index (χ1) is 14.1. The minimum atomic E-state index is -4.55. The number of nitrogens with one attached hydrogen (secondary N) is 1. The van der Waals surface area contributed by atoms with Crippen molar-refractivity contribution in [2.75, 3.05) is 0 Å². The molecule has 0 aliphatic heterocycles. The van der Waals surface area contributed by atoms with Crippen molar-refractivity contribution >= 4 is 16.8 Å². The number of rotatable bonds is 5. The minimum Gasteiger partial charge on any atom is -0.348 e. The Kier molecular flexibility index (Phi) is 5.96. The van der Waals surface area contributed by atoms with Crippen molar-refractivity contribution in [3.05, 3.63) is 80.9 Å². The molecule has 158 valence electrons. The molecule has 30 heavy (non-hydrogen) atoms. The molecule has 1 aromatic heterocycles. The normalized spacial score (nSPS) is 11.7. The Bertz CT molecular complexity index is 1170. The van der Waals surface area contributed by atoms with Gasteiger partial charge in [0.25, 0.3) is 11.5 Å². The van der Waals surface area contributed by atoms with E-state index in [0.29, 0.717) is 22.9 Å². The Balaban J connectivity index is 2.08. The number of benzene rings is 2. The van der Waals surface area contributed by atoms with E-state index >= 15 is 0 Å². The molecule has 0 radical (unpaired) electrons. The van der Waals surface area contributed by atoms with E-state index in [1.165, 1.54) is 35.8 Å². The maximum absolute atomic E-state index is 13.3. The van der Waals surface area contributed by atoms with Crippen LogP contribution in [0.4, 0.5) is 17.6 Å². The van der Waals surface area contributed by atoms with Crippen LogP contribution in [0.5, 0.6) is 0 Å². The molecule has 0 aliphatic rings. The van der Waals surface area contributed by atoms with Gasteiger partial charge in [-0.1, -0.05) is 25.1 Å². The largest absolute Gasteiger partial charge is 0.416 e. The number of aryl methyl sites for hydroxylation is 2. The van der Waals surface area contributed by atoms with Crippen LogP contribution < -0.4 is 10.9 Å². The Morgan fingerprint density at radius 3 is 2.50 bits per heavy atom. The number of fused-ring (bicyclic) bond motifs is 1. The predicted molar refractivity (Wildman–Crippen MR) is 106 cm³/mol. The molecule has 3 aromatic rings. The van der Waals surface area contributed by atoms with Crippen LogP contribution >= 0.6 is 0 Å². The molecule has 1 heterocycles. The molecule has 0 atom stereocenters. The second-order valence-corrected chi connectivity index (χ2v) is 7.00. The zero-order valence-electron chi connectivity index (χ0n) is 16.4. The highest BCUT2D eigenvalue weighted by Crippen LogP contribution is 2.32. The lowest BCUT2D eigenvalue weighted by Crippen LogP contribution is -2.34. The molecule has 0 fully saturated rings. The van der Waals surface area contributed by atoms with Crippen molar-refractivity contribution in [2.24, 2.45) is 0 Å². The summed E-state index contributed by atoms with van der Waals surface area (Å²) >= 11 is 0. The fraction of sp³-hybridized carbons (Fsp3) is 0.273. The first-order valence-corrected chi connectivity index (χ1v) is 9.40. The summed E-state index contributed by atoms with van der Waals surface area (Å²) in [5.41, 5.74) is -0.693. The zero-order chi connectivity index (χ0) is 22.1. The van der Waals surface area contributed by atoms with Crippen LogP contribution in [0.3, 0.4) is 0 Å². The summed E-state index contributed by atoms with van der Waals surface area (Å²) in [7, 11) is 0. The van der Waals surface area contributed by atoms with E-state index in [9.17, 15) is 27.2 Å². The van der Waals surface area contributed by atoms with Crippen molar-refractivity contribution in [3.8, 4) is 0 Å². The Hall–Kier alpha value is -3.16. The van der Waals surface area contributed by atoms with Crippen LogP contribution in [0.1, 0.15) is 40.4 Å². The number of carbonyl (C=O) groups is 1. The number of halogens is 4. The van der Waals surface area contributed by atoms with Crippen molar-refractivity contribution in [1.29, 1.82) is 0 Å². The standard InChI is InChI=1S/C22H20F4N2O2/c1-3-9-28-18-11-15(22(24,25)26)7-8-17(18)13(2)19(21(28)30)20(29)27-12-14-5-4-6-16(23)10-14/h4-8,10-11H,3,9,12H2,1-2H3,(H,27,29). The highest BCUT2D eigenvalue weighted by molar-refractivity contribution is 6.00. The highest BCUT2D eigenvalue weighted by atomic mass is 19.4. The quantitative estimate of drug-likeness (QED) is 0.603. The third-order valence-corrected chi connectivity index (χ3v) is 4.87. The van der Waals surface area contributed by atoms with E-state index in [1.807, 2.05) is 0 Å². The summed E-state index contributed by atoms with van der Waals surface area (Å²) in [6, 6.07) is 8.83. The molecular weight excluding hydrogens is 400 g/mol. The summed E-state index contributed by atoms with van der Waals surface area (Å²) in [4.78, 5) is 25.8. The maximum atomic E-state index is 13.3. The van der Waals surface area contributed by atoms with Gasteiger partial charge >= 0.3 is 6.18 Å². The maximum Gasteiger partial charge on any atom is 0.416 e. The van der Waals surface area contributed by atoms with E-state index in [2.05, 4.69) is 5.32 Å². The zero-order valence-corrected chi connectivity index (χ0v) is 16.4. The second kappa shape index (κ2) is 8.30. The third-order valence-electron chi connectivity index (χ3n) is 4.87. The van der Waals surface area contributed by atoms with Crippen LogP contribution in [0.15, 0.2) is 47.3 Å². The van der Waals surface area contributed by atoms with E-state index in [1.54, 1.807) is 13.0 Å². The van der Waals surface area contributed by atoms with Gasteiger partial charge < -0.3 is 9.88 Å². The topological polar surface area (TPSA) is 51.1 Å². The molecule has 0 saturated carbocycles. The predicted octanol–water partition coefficient (Wildman–Crippen LogP) is 4.81. The number of pyridine rings is 1. The number of carbonyl (C=O) groups excluding carboxylic acids is 1. The lowest BCUT2D eigenvalue weighted by atomic mass is 10.0. The average Bonchev–Trinajstić information content (AvgIpc) is 2.68. The number of amides is 1. The van der Waals surface area contributed by atoms with Gasteiger partial charge in [-0.2, -0.15) is 13.2 Å². The molecule has 2 aromatic carbocycles. The van der Waals surface area contributed by atoms with E-state index < -0.39 is 29.0 Å². The minimum absolute atomic E-state index is 0.00823. The molecular formula is C22H20F4N2O2. The van der Waals surface area contributed by atoms with E-state index in [0.717, 1.165) is 12.1 Å². The third kappa shape index (κ3) is 4.22. The van der Waals surface area contributed by atoms with Crippen molar-refractivity contribution < 1.29 is 22.4 Å². The monoisotopic (exact) mass is 420 g/mol. The molecule has 1 amide bonds. The van der Waals surface area contributed by atoms with Gasteiger partial charge in [-0.25, -0.2) is 4.39 Å². The van der Waals surface area contributed by atoms with Gasteiger partial charge in [0.1, 0.15) is 11.4 Å². The Morgan fingerprint density at radius 1 is 1.13 bits per heavy atom. The Labute approximate surface area is 170 Å². The first kappa shape index (κ1) is 21.5. The number of alkyl halides is 3. The van der Waals surface area contributed by atoms with Crippen LogP contribution in [0, 0.1) is 12.7 Å². The average molecular weight is 420 g/mol.